The van der Waals surface area contributed by atoms with Crippen LogP contribution in [0.1, 0.15) is 47.3 Å². The molecule has 0 saturated carbocycles. The fourth-order valence-corrected chi connectivity index (χ4v) is 3.87. The first-order chi connectivity index (χ1) is 13.6. The number of carbonyl (C=O) groups excluding carboxylic acids is 2. The van der Waals surface area contributed by atoms with Crippen LogP contribution >= 0.6 is 0 Å². The van der Waals surface area contributed by atoms with Gasteiger partial charge in [-0.15, -0.1) is 0 Å². The highest BCUT2D eigenvalue weighted by atomic mass is 16.5. The minimum Gasteiger partial charge on any atom is -0.449 e. The number of aryl methyl sites for hydroxylation is 1. The van der Waals surface area contributed by atoms with Gasteiger partial charge in [-0.1, -0.05) is 60.7 Å². The summed E-state index contributed by atoms with van der Waals surface area (Å²) in [5.41, 5.74) is 2.91. The van der Waals surface area contributed by atoms with E-state index in [4.69, 9.17) is 4.74 Å². The number of amides is 1. The summed E-state index contributed by atoms with van der Waals surface area (Å²) < 4.78 is 5.48. The molecule has 0 heterocycles. The van der Waals surface area contributed by atoms with Crippen LogP contribution in [0.3, 0.4) is 0 Å². The van der Waals surface area contributed by atoms with Crippen molar-refractivity contribution in [3.63, 3.8) is 0 Å². The molecule has 4 heteroatoms. The zero-order chi connectivity index (χ0) is 19.5. The first kappa shape index (κ1) is 18.2. The van der Waals surface area contributed by atoms with E-state index in [9.17, 15) is 9.59 Å². The number of hydrogen-bond acceptors (Lipinski definition) is 3. The first-order valence-corrected chi connectivity index (χ1v) is 9.70. The summed E-state index contributed by atoms with van der Waals surface area (Å²) in [5, 5.41) is 4.84. The van der Waals surface area contributed by atoms with Crippen molar-refractivity contribution in [3.8, 4) is 0 Å². The molecule has 3 aromatic carbocycles. The average molecular weight is 373 g/mol. The van der Waals surface area contributed by atoms with E-state index in [2.05, 4.69) is 17.4 Å². The Morgan fingerprint density at radius 3 is 2.64 bits per heavy atom. The lowest BCUT2D eigenvalue weighted by Crippen LogP contribution is -2.39. The van der Waals surface area contributed by atoms with Crippen LogP contribution < -0.4 is 5.32 Å². The van der Waals surface area contributed by atoms with Gasteiger partial charge in [0.05, 0.1) is 11.6 Å². The maximum absolute atomic E-state index is 12.7. The van der Waals surface area contributed by atoms with Gasteiger partial charge in [-0.2, -0.15) is 0 Å². The summed E-state index contributed by atoms with van der Waals surface area (Å²) in [6.07, 6.45) is 2.10. The minimum absolute atomic E-state index is 0.0313. The predicted octanol–water partition coefficient (Wildman–Crippen LogP) is 4.58. The second kappa shape index (κ2) is 7.85. The number of nitrogens with one attached hydrogen (secondary N) is 1. The molecule has 3 aromatic rings. The highest BCUT2D eigenvalue weighted by Crippen LogP contribution is 2.29. The summed E-state index contributed by atoms with van der Waals surface area (Å²) in [4.78, 5) is 25.3. The number of fused-ring (bicyclic) bond motifs is 2. The van der Waals surface area contributed by atoms with Gasteiger partial charge >= 0.3 is 5.97 Å². The summed E-state index contributed by atoms with van der Waals surface area (Å²) >= 11 is 0. The average Bonchev–Trinajstić information content (AvgIpc) is 2.73. The highest BCUT2D eigenvalue weighted by Gasteiger charge is 2.26. The molecule has 28 heavy (non-hydrogen) atoms. The summed E-state index contributed by atoms with van der Waals surface area (Å²) in [6, 6.07) is 21.3. The van der Waals surface area contributed by atoms with Crippen LogP contribution in [0.15, 0.2) is 66.7 Å². The van der Waals surface area contributed by atoms with Crippen molar-refractivity contribution in [2.75, 3.05) is 0 Å². The first-order valence-electron chi connectivity index (χ1n) is 9.70. The number of hydrogen-bond donors (Lipinski definition) is 1. The SMILES string of the molecule is C[C@@H](OC(=O)c1cccc2ccccc12)C(=O)N[C@H]1CCCc2ccccc21. The van der Waals surface area contributed by atoms with Crippen LogP contribution in [0.2, 0.25) is 0 Å². The van der Waals surface area contributed by atoms with Crippen molar-refractivity contribution in [1.82, 2.24) is 5.32 Å². The van der Waals surface area contributed by atoms with Crippen LogP contribution in [0.5, 0.6) is 0 Å². The van der Waals surface area contributed by atoms with Crippen LogP contribution in [0.25, 0.3) is 10.8 Å². The van der Waals surface area contributed by atoms with E-state index in [1.165, 1.54) is 5.56 Å². The summed E-state index contributed by atoms with van der Waals surface area (Å²) in [7, 11) is 0. The van der Waals surface area contributed by atoms with Gasteiger partial charge in [0.15, 0.2) is 6.10 Å². The topological polar surface area (TPSA) is 55.4 Å². The van der Waals surface area contributed by atoms with Crippen molar-refractivity contribution in [3.05, 3.63) is 83.4 Å². The Kier molecular flexibility index (Phi) is 5.11. The van der Waals surface area contributed by atoms with E-state index in [0.29, 0.717) is 5.56 Å². The third kappa shape index (κ3) is 3.63. The molecule has 4 rings (SSSR count). The molecule has 0 radical (unpaired) electrons. The monoisotopic (exact) mass is 373 g/mol. The molecule has 142 valence electrons. The quantitative estimate of drug-likeness (QED) is 0.681. The van der Waals surface area contributed by atoms with Crippen molar-refractivity contribution in [1.29, 1.82) is 0 Å². The van der Waals surface area contributed by atoms with Gasteiger partial charge in [0.25, 0.3) is 5.91 Å². The Morgan fingerprint density at radius 1 is 1.00 bits per heavy atom. The predicted molar refractivity (Wildman–Crippen MR) is 109 cm³/mol. The van der Waals surface area contributed by atoms with Gasteiger partial charge in [-0.25, -0.2) is 4.79 Å². The lowest BCUT2D eigenvalue weighted by molar-refractivity contribution is -0.130. The molecule has 0 spiro atoms. The molecule has 0 aromatic heterocycles. The molecule has 4 nitrogen and oxygen atoms in total. The number of rotatable bonds is 4. The van der Waals surface area contributed by atoms with Gasteiger partial charge in [0, 0.05) is 0 Å². The van der Waals surface area contributed by atoms with E-state index in [0.717, 1.165) is 35.6 Å². The molecular weight excluding hydrogens is 350 g/mol. The summed E-state index contributed by atoms with van der Waals surface area (Å²) in [5.74, 6) is -0.751. The minimum atomic E-state index is -0.861. The zero-order valence-electron chi connectivity index (χ0n) is 15.9. The number of esters is 1. The van der Waals surface area contributed by atoms with Gasteiger partial charge in [-0.3, -0.25) is 4.79 Å². The molecule has 0 aliphatic heterocycles. The maximum atomic E-state index is 12.7. The molecule has 1 N–H and O–H groups in total. The lowest BCUT2D eigenvalue weighted by Gasteiger charge is -2.27. The van der Waals surface area contributed by atoms with Crippen LogP contribution in [0, 0.1) is 0 Å². The van der Waals surface area contributed by atoms with Crippen molar-refractivity contribution < 1.29 is 14.3 Å². The Bertz CT molecular complexity index is 1020. The largest absolute Gasteiger partial charge is 0.449 e. The standard InChI is InChI=1S/C24H23NO3/c1-16(23(26)25-22-15-7-11-18-9-3-5-13-20(18)22)28-24(27)21-14-6-10-17-8-2-4-12-19(17)21/h2-6,8-10,12-14,16,22H,7,11,15H2,1H3,(H,25,26)/t16-,22+/m1/s1. The third-order valence-electron chi connectivity index (χ3n) is 5.35. The highest BCUT2D eigenvalue weighted by molar-refractivity contribution is 6.05. The Balaban J connectivity index is 1.46. The van der Waals surface area contributed by atoms with Gasteiger partial charge in [-0.05, 0) is 54.2 Å². The third-order valence-corrected chi connectivity index (χ3v) is 5.35. The van der Waals surface area contributed by atoms with Crippen molar-refractivity contribution in [2.24, 2.45) is 0 Å². The van der Waals surface area contributed by atoms with Gasteiger partial charge in [0.2, 0.25) is 0 Å². The molecule has 1 aliphatic rings. The zero-order valence-corrected chi connectivity index (χ0v) is 15.9. The molecular formula is C24H23NO3. The lowest BCUT2D eigenvalue weighted by atomic mass is 9.87. The van der Waals surface area contributed by atoms with Crippen LogP contribution in [-0.4, -0.2) is 18.0 Å². The molecule has 0 bridgehead atoms. The summed E-state index contributed by atoms with van der Waals surface area (Å²) in [6.45, 7) is 1.62. The number of ether oxygens (including phenoxy) is 1. The molecule has 1 aliphatic carbocycles. The molecule has 0 unspecified atom stereocenters. The van der Waals surface area contributed by atoms with Crippen LogP contribution in [-0.2, 0) is 16.0 Å². The molecule has 0 fully saturated rings. The van der Waals surface area contributed by atoms with Crippen molar-refractivity contribution in [2.45, 2.75) is 38.3 Å². The fourth-order valence-electron chi connectivity index (χ4n) is 3.87. The Labute approximate surface area is 164 Å². The Hall–Kier alpha value is -3.14. The molecule has 0 saturated heterocycles. The maximum Gasteiger partial charge on any atom is 0.339 e. The number of benzene rings is 3. The van der Waals surface area contributed by atoms with Crippen molar-refractivity contribution >= 4 is 22.6 Å². The van der Waals surface area contributed by atoms with Gasteiger partial charge in [0.1, 0.15) is 0 Å². The normalized spacial score (nSPS) is 16.8. The molecule has 1 amide bonds. The second-order valence-corrected chi connectivity index (χ2v) is 7.23. The number of carbonyl (C=O) groups is 2. The second-order valence-electron chi connectivity index (χ2n) is 7.23. The smallest absolute Gasteiger partial charge is 0.339 e. The molecule has 2 atom stereocenters. The van der Waals surface area contributed by atoms with E-state index < -0.39 is 12.1 Å². The Morgan fingerprint density at radius 2 is 1.75 bits per heavy atom. The van der Waals surface area contributed by atoms with E-state index in [1.807, 2.05) is 48.5 Å². The fraction of sp³-hybridized carbons (Fsp3) is 0.250. The van der Waals surface area contributed by atoms with Gasteiger partial charge < -0.3 is 10.1 Å². The van der Waals surface area contributed by atoms with E-state index >= 15 is 0 Å². The van der Waals surface area contributed by atoms with E-state index in [-0.39, 0.29) is 11.9 Å². The van der Waals surface area contributed by atoms with E-state index in [1.54, 1.807) is 13.0 Å². The van der Waals surface area contributed by atoms with Crippen LogP contribution in [0.4, 0.5) is 0 Å².